The number of benzene rings is 1. The Labute approximate surface area is 258 Å². The lowest BCUT2D eigenvalue weighted by Crippen LogP contribution is -2.43. The smallest absolute Gasteiger partial charge is 0.145 e. The van der Waals surface area contributed by atoms with Crippen LogP contribution in [0.15, 0.2) is 66.5 Å². The summed E-state index contributed by atoms with van der Waals surface area (Å²) in [5, 5.41) is 2.71. The third-order valence-electron chi connectivity index (χ3n) is 7.79. The quantitative estimate of drug-likeness (QED) is 0.238. The zero-order valence-corrected chi connectivity index (χ0v) is 27.0. The second kappa shape index (κ2) is 15.3. The molecule has 9 nitrogen and oxygen atoms in total. The fourth-order valence-electron chi connectivity index (χ4n) is 5.68. The molecule has 0 spiro atoms. The van der Waals surface area contributed by atoms with Crippen molar-refractivity contribution in [1.82, 2.24) is 19.5 Å². The molecule has 2 unspecified atom stereocenters. The van der Waals surface area contributed by atoms with Crippen LogP contribution >= 0.6 is 0 Å². The number of allylic oxidation sites excluding steroid dienone is 1. The maximum Gasteiger partial charge on any atom is 0.145 e. The lowest BCUT2D eigenvalue weighted by molar-refractivity contribution is 0.0619. The fraction of sp³-hybridized carbons (Fsp3) is 0.455. The van der Waals surface area contributed by atoms with Crippen LogP contribution < -0.4 is 16.5 Å². The Morgan fingerprint density at radius 2 is 1.77 bits per heavy atom. The highest BCUT2D eigenvalue weighted by Crippen LogP contribution is 2.33. The molecule has 4 aromatic rings. The number of rotatable bonds is 5. The number of hydrogen-bond acceptors (Lipinski definition) is 8. The Morgan fingerprint density at radius 3 is 2.35 bits per heavy atom. The van der Waals surface area contributed by atoms with Crippen molar-refractivity contribution < 1.29 is 8.95 Å². The minimum atomic E-state index is -0.769. The van der Waals surface area contributed by atoms with Crippen LogP contribution in [0, 0.1) is 5.92 Å². The molecule has 2 fully saturated rings. The van der Waals surface area contributed by atoms with Gasteiger partial charge in [-0.3, -0.25) is 9.19 Å². The van der Waals surface area contributed by atoms with E-state index in [9.17, 15) is 4.21 Å². The summed E-state index contributed by atoms with van der Waals surface area (Å²) >= 11 is 0. The van der Waals surface area contributed by atoms with Gasteiger partial charge in [-0.05, 0) is 50.8 Å². The standard InChI is InChI=1S/C25H35N7O2S.C6H6.C2H6/c1-16-14-31(8-11-35(16)33)22-5-4-20-23-21(12-19(13-28-23)24(17(2)26)30(3)27)32(25(20)29-22)15-18-6-9-34-10-7-18;1-2-4-6-5-3-1;1-2/h4-5,12-13,16,18H,6-11,14-15,26-27H2,1-3H3;1-6H;1-2H3/b24-17-;;. The first-order valence-corrected chi connectivity index (χ1v) is 16.7. The lowest BCUT2D eigenvalue weighted by Gasteiger charge is -2.31. The van der Waals surface area contributed by atoms with Crippen LogP contribution in [-0.4, -0.2) is 68.1 Å². The molecule has 0 saturated carbocycles. The zero-order chi connectivity index (χ0) is 30.9. The van der Waals surface area contributed by atoms with Crippen molar-refractivity contribution in [3.05, 3.63) is 72.1 Å². The van der Waals surface area contributed by atoms with Gasteiger partial charge in [0.2, 0.25) is 0 Å². The van der Waals surface area contributed by atoms with Crippen LogP contribution in [0.2, 0.25) is 0 Å². The van der Waals surface area contributed by atoms with E-state index >= 15 is 0 Å². The van der Waals surface area contributed by atoms with Crippen molar-refractivity contribution in [2.24, 2.45) is 17.5 Å². The van der Waals surface area contributed by atoms with Crippen LogP contribution in [0.3, 0.4) is 0 Å². The first-order chi connectivity index (χ1) is 20.8. The first-order valence-electron chi connectivity index (χ1n) is 15.3. The molecule has 3 aromatic heterocycles. The van der Waals surface area contributed by atoms with E-state index in [4.69, 9.17) is 26.3 Å². The van der Waals surface area contributed by atoms with E-state index in [0.29, 0.717) is 17.4 Å². The number of hydrazine groups is 1. The number of ether oxygens (including phenoxy) is 1. The van der Waals surface area contributed by atoms with Gasteiger partial charge in [0.1, 0.15) is 11.5 Å². The first kappa shape index (κ1) is 32.4. The van der Waals surface area contributed by atoms with Gasteiger partial charge in [-0.1, -0.05) is 50.2 Å². The number of aromatic nitrogens is 3. The predicted octanol–water partition coefficient (Wildman–Crippen LogP) is 5.13. The van der Waals surface area contributed by atoms with Gasteiger partial charge in [0.15, 0.2) is 0 Å². The SMILES string of the molecule is C/C(N)=C(\c1cnc2c3ccc(N4CCS(=O)C(C)C4)nc3n(CC3CCOCC3)c2c1)N(C)N.CC.c1ccccc1. The molecule has 2 atom stereocenters. The highest BCUT2D eigenvalue weighted by Gasteiger charge is 2.25. The van der Waals surface area contributed by atoms with E-state index in [1.807, 2.05) is 70.3 Å². The van der Waals surface area contributed by atoms with Gasteiger partial charge < -0.3 is 24.9 Å². The largest absolute Gasteiger partial charge is 0.401 e. The minimum Gasteiger partial charge on any atom is -0.401 e. The number of anilines is 1. The van der Waals surface area contributed by atoms with Gasteiger partial charge in [-0.2, -0.15) is 0 Å². The highest BCUT2D eigenvalue weighted by atomic mass is 32.2. The van der Waals surface area contributed by atoms with Crippen molar-refractivity contribution in [2.75, 3.05) is 44.0 Å². The van der Waals surface area contributed by atoms with Gasteiger partial charge in [0.05, 0.1) is 16.7 Å². The Balaban J connectivity index is 0.000000466. The fourth-order valence-corrected chi connectivity index (χ4v) is 6.82. The van der Waals surface area contributed by atoms with E-state index in [1.165, 1.54) is 0 Å². The van der Waals surface area contributed by atoms with Gasteiger partial charge in [-0.15, -0.1) is 0 Å². The Bertz CT molecular complexity index is 1500. The molecule has 232 valence electrons. The molecule has 0 bridgehead atoms. The number of hydrogen-bond donors (Lipinski definition) is 2. The molecule has 10 heteroatoms. The molecule has 2 aliphatic heterocycles. The van der Waals surface area contributed by atoms with Crippen LogP contribution in [0.5, 0.6) is 0 Å². The van der Waals surface area contributed by atoms with Crippen molar-refractivity contribution in [1.29, 1.82) is 0 Å². The summed E-state index contributed by atoms with van der Waals surface area (Å²) in [5.74, 6) is 8.22. The summed E-state index contributed by atoms with van der Waals surface area (Å²) in [6.45, 7) is 11.8. The van der Waals surface area contributed by atoms with Crippen LogP contribution in [0.25, 0.3) is 27.8 Å². The van der Waals surface area contributed by atoms with Gasteiger partial charge >= 0.3 is 0 Å². The molecule has 6 rings (SSSR count). The molecule has 43 heavy (non-hydrogen) atoms. The van der Waals surface area contributed by atoms with Crippen LogP contribution in [-0.2, 0) is 22.1 Å². The average molecular weight is 606 g/mol. The molecule has 4 N–H and O–H groups in total. The molecule has 0 amide bonds. The molecular weight excluding hydrogens is 558 g/mol. The van der Waals surface area contributed by atoms with E-state index < -0.39 is 10.8 Å². The maximum atomic E-state index is 12.2. The van der Waals surface area contributed by atoms with Crippen LogP contribution in [0.4, 0.5) is 5.82 Å². The predicted molar refractivity (Wildman–Crippen MR) is 180 cm³/mol. The Hall–Kier alpha value is -3.47. The van der Waals surface area contributed by atoms with Gasteiger partial charge in [0, 0.05) is 84.5 Å². The maximum absolute atomic E-state index is 12.2. The lowest BCUT2D eigenvalue weighted by atomic mass is 10.0. The average Bonchev–Trinajstić information content (AvgIpc) is 3.33. The third-order valence-corrected chi connectivity index (χ3v) is 9.42. The molecular formula is C33H47N7O2S. The molecule has 0 aliphatic carbocycles. The second-order valence-corrected chi connectivity index (χ2v) is 12.9. The number of fused-ring (bicyclic) bond motifs is 3. The minimum absolute atomic E-state index is 0.136. The number of nitrogens with two attached hydrogens (primary N) is 2. The number of nitrogens with zero attached hydrogens (tertiary/aromatic N) is 5. The van der Waals surface area contributed by atoms with Crippen molar-refractivity contribution in [2.45, 2.75) is 52.3 Å². The summed E-state index contributed by atoms with van der Waals surface area (Å²) in [4.78, 5) is 12.3. The summed E-state index contributed by atoms with van der Waals surface area (Å²) < 4.78 is 20.1. The summed E-state index contributed by atoms with van der Waals surface area (Å²) in [6.07, 6.45) is 3.90. The molecule has 2 aliphatic rings. The zero-order valence-electron chi connectivity index (χ0n) is 26.2. The van der Waals surface area contributed by atoms with Crippen molar-refractivity contribution in [3.63, 3.8) is 0 Å². The summed E-state index contributed by atoms with van der Waals surface area (Å²) in [6, 6.07) is 18.3. The van der Waals surface area contributed by atoms with Crippen molar-refractivity contribution in [3.8, 4) is 0 Å². The van der Waals surface area contributed by atoms with Crippen LogP contribution in [0.1, 0.15) is 46.1 Å². The normalized spacial score (nSPS) is 19.6. The van der Waals surface area contributed by atoms with E-state index in [2.05, 4.69) is 27.7 Å². The Kier molecular flexibility index (Phi) is 11.6. The van der Waals surface area contributed by atoms with Gasteiger partial charge in [0.25, 0.3) is 0 Å². The molecule has 1 aromatic carbocycles. The molecule has 0 radical (unpaired) electrons. The van der Waals surface area contributed by atoms with E-state index in [1.54, 1.807) is 12.1 Å². The summed E-state index contributed by atoms with van der Waals surface area (Å²) in [7, 11) is 1.02. The summed E-state index contributed by atoms with van der Waals surface area (Å²) in [5.41, 5.74) is 11.3. The monoisotopic (exact) mass is 605 g/mol. The van der Waals surface area contributed by atoms with Crippen molar-refractivity contribution >= 4 is 44.4 Å². The number of pyridine rings is 2. The third kappa shape index (κ3) is 7.74. The second-order valence-electron chi connectivity index (χ2n) is 10.9. The highest BCUT2D eigenvalue weighted by molar-refractivity contribution is 7.85. The van der Waals surface area contributed by atoms with Gasteiger partial charge in [-0.25, -0.2) is 10.8 Å². The molecule has 5 heterocycles. The Morgan fingerprint density at radius 1 is 1.12 bits per heavy atom. The molecule has 2 saturated heterocycles. The topological polar surface area (TPSA) is 116 Å². The van der Waals surface area contributed by atoms with E-state index in [-0.39, 0.29) is 5.25 Å². The van der Waals surface area contributed by atoms with E-state index in [0.717, 1.165) is 84.8 Å².